The van der Waals surface area contributed by atoms with Crippen molar-refractivity contribution in [3.05, 3.63) is 0 Å². The minimum atomic E-state index is 0.665. The summed E-state index contributed by atoms with van der Waals surface area (Å²) in [6, 6.07) is 0.665. The Labute approximate surface area is 117 Å². The normalized spacial score (nSPS) is 25.1. The third kappa shape index (κ3) is 3.87. The van der Waals surface area contributed by atoms with Gasteiger partial charge in [0.1, 0.15) is 0 Å². The molecule has 0 aliphatic heterocycles. The Morgan fingerprint density at radius 1 is 1.05 bits per heavy atom. The molecule has 108 valence electrons. The van der Waals surface area contributed by atoms with Crippen molar-refractivity contribution in [3.63, 3.8) is 0 Å². The third-order valence-electron chi connectivity index (χ3n) is 4.96. The zero-order valence-electron chi connectivity index (χ0n) is 12.3. The minimum absolute atomic E-state index is 0.665. The number of rotatable bonds is 6. The molecule has 0 aromatic carbocycles. The molecule has 0 unspecified atom stereocenters. The summed E-state index contributed by atoms with van der Waals surface area (Å²) in [6.45, 7) is 4.18. The molecule has 3 fully saturated rings. The Kier molecular flexibility index (Phi) is 4.29. The van der Waals surface area contributed by atoms with Crippen LogP contribution < -0.4 is 10.6 Å². The lowest BCUT2D eigenvalue weighted by molar-refractivity contribution is 0.416. The van der Waals surface area contributed by atoms with Crippen molar-refractivity contribution in [1.82, 2.24) is 10.6 Å². The first kappa shape index (κ1) is 13.3. The van der Waals surface area contributed by atoms with E-state index in [2.05, 4.69) is 17.6 Å². The van der Waals surface area contributed by atoms with Crippen LogP contribution in [0.2, 0.25) is 0 Å². The summed E-state index contributed by atoms with van der Waals surface area (Å²) in [6.07, 6.45) is 11.2. The Hall–Kier alpha value is -0.730. The van der Waals surface area contributed by atoms with Gasteiger partial charge in [-0.05, 0) is 63.2 Å². The molecule has 3 heteroatoms. The summed E-state index contributed by atoms with van der Waals surface area (Å²) < 4.78 is 0. The standard InChI is InChI=1S/C16H29N3/c1-2-17-16(19-14-5-3-4-6-14)18-11-15(12-7-8-12)13-9-10-13/h12-15H,2-11H2,1H3,(H2,17,18,19). The molecule has 3 saturated carbocycles. The van der Waals surface area contributed by atoms with E-state index in [1.807, 2.05) is 0 Å². The predicted octanol–water partition coefficient (Wildman–Crippen LogP) is 2.92. The van der Waals surface area contributed by atoms with Crippen LogP contribution in [0.15, 0.2) is 4.99 Å². The van der Waals surface area contributed by atoms with Crippen LogP contribution in [-0.2, 0) is 0 Å². The summed E-state index contributed by atoms with van der Waals surface area (Å²) in [5.41, 5.74) is 0. The van der Waals surface area contributed by atoms with Crippen LogP contribution in [-0.4, -0.2) is 25.1 Å². The first-order valence-electron chi connectivity index (χ1n) is 8.41. The van der Waals surface area contributed by atoms with Gasteiger partial charge in [-0.1, -0.05) is 12.8 Å². The Morgan fingerprint density at radius 2 is 1.68 bits per heavy atom. The number of aliphatic imine (C=N–C) groups is 1. The smallest absolute Gasteiger partial charge is 0.191 e. The largest absolute Gasteiger partial charge is 0.357 e. The van der Waals surface area contributed by atoms with E-state index >= 15 is 0 Å². The second-order valence-corrected chi connectivity index (χ2v) is 6.68. The van der Waals surface area contributed by atoms with Gasteiger partial charge in [0.25, 0.3) is 0 Å². The van der Waals surface area contributed by atoms with Gasteiger partial charge >= 0.3 is 0 Å². The molecule has 3 rings (SSSR count). The zero-order valence-corrected chi connectivity index (χ0v) is 12.3. The second-order valence-electron chi connectivity index (χ2n) is 6.68. The fraction of sp³-hybridized carbons (Fsp3) is 0.938. The van der Waals surface area contributed by atoms with Crippen LogP contribution in [0, 0.1) is 17.8 Å². The molecular weight excluding hydrogens is 234 g/mol. The van der Waals surface area contributed by atoms with E-state index in [4.69, 9.17) is 4.99 Å². The molecule has 2 N–H and O–H groups in total. The summed E-state index contributed by atoms with van der Waals surface area (Å²) in [5.74, 6) is 3.97. The summed E-state index contributed by atoms with van der Waals surface area (Å²) in [4.78, 5) is 4.89. The SMILES string of the molecule is CCNC(=NCC(C1CC1)C1CC1)NC1CCCC1. The van der Waals surface area contributed by atoms with Crippen molar-refractivity contribution in [3.8, 4) is 0 Å². The molecule has 0 aromatic rings. The van der Waals surface area contributed by atoms with Gasteiger partial charge in [-0.25, -0.2) is 0 Å². The molecule has 0 atom stereocenters. The number of hydrogen-bond donors (Lipinski definition) is 2. The minimum Gasteiger partial charge on any atom is -0.357 e. The number of nitrogens with one attached hydrogen (secondary N) is 2. The highest BCUT2D eigenvalue weighted by Crippen LogP contribution is 2.49. The maximum atomic E-state index is 4.89. The number of nitrogens with zero attached hydrogens (tertiary/aromatic N) is 1. The van der Waals surface area contributed by atoms with E-state index in [0.717, 1.165) is 36.8 Å². The lowest BCUT2D eigenvalue weighted by Crippen LogP contribution is -2.42. The van der Waals surface area contributed by atoms with E-state index in [1.165, 1.54) is 51.4 Å². The number of guanidine groups is 1. The molecule has 3 aliphatic rings. The van der Waals surface area contributed by atoms with Crippen molar-refractivity contribution in [2.24, 2.45) is 22.7 Å². The molecule has 19 heavy (non-hydrogen) atoms. The zero-order chi connectivity index (χ0) is 13.1. The van der Waals surface area contributed by atoms with E-state index in [1.54, 1.807) is 0 Å². The van der Waals surface area contributed by atoms with Crippen molar-refractivity contribution in [1.29, 1.82) is 0 Å². The molecule has 0 amide bonds. The third-order valence-corrected chi connectivity index (χ3v) is 4.96. The van der Waals surface area contributed by atoms with Gasteiger partial charge in [-0.15, -0.1) is 0 Å². The van der Waals surface area contributed by atoms with Crippen LogP contribution in [0.25, 0.3) is 0 Å². The van der Waals surface area contributed by atoms with E-state index in [-0.39, 0.29) is 0 Å². The second kappa shape index (κ2) is 6.15. The highest BCUT2D eigenvalue weighted by Gasteiger charge is 2.41. The van der Waals surface area contributed by atoms with Crippen LogP contribution in [0.4, 0.5) is 0 Å². The molecule has 0 aromatic heterocycles. The molecule has 0 saturated heterocycles. The molecule has 3 aliphatic carbocycles. The molecule has 3 nitrogen and oxygen atoms in total. The Bertz CT molecular complexity index is 300. The lowest BCUT2D eigenvalue weighted by Gasteiger charge is -2.18. The van der Waals surface area contributed by atoms with Gasteiger partial charge in [0, 0.05) is 19.1 Å². The molecule has 0 bridgehead atoms. The molecule has 0 spiro atoms. The summed E-state index contributed by atoms with van der Waals surface area (Å²) >= 11 is 0. The maximum Gasteiger partial charge on any atom is 0.191 e. The van der Waals surface area contributed by atoms with Crippen LogP contribution in [0.5, 0.6) is 0 Å². The van der Waals surface area contributed by atoms with Crippen LogP contribution in [0.1, 0.15) is 58.3 Å². The van der Waals surface area contributed by atoms with Crippen LogP contribution >= 0.6 is 0 Å². The van der Waals surface area contributed by atoms with E-state index in [0.29, 0.717) is 6.04 Å². The predicted molar refractivity (Wildman–Crippen MR) is 80.3 cm³/mol. The fourth-order valence-corrected chi connectivity index (χ4v) is 3.51. The van der Waals surface area contributed by atoms with E-state index in [9.17, 15) is 0 Å². The number of hydrogen-bond acceptors (Lipinski definition) is 1. The van der Waals surface area contributed by atoms with Crippen molar-refractivity contribution < 1.29 is 0 Å². The molecular formula is C16H29N3. The van der Waals surface area contributed by atoms with Gasteiger partial charge in [0.2, 0.25) is 0 Å². The van der Waals surface area contributed by atoms with Gasteiger partial charge in [-0.2, -0.15) is 0 Å². The lowest BCUT2D eigenvalue weighted by atomic mass is 9.98. The quantitative estimate of drug-likeness (QED) is 0.571. The van der Waals surface area contributed by atoms with Crippen LogP contribution in [0.3, 0.4) is 0 Å². The van der Waals surface area contributed by atoms with Crippen molar-refractivity contribution >= 4 is 5.96 Å². The van der Waals surface area contributed by atoms with Crippen molar-refractivity contribution in [2.75, 3.05) is 13.1 Å². The summed E-state index contributed by atoms with van der Waals surface area (Å²) in [7, 11) is 0. The monoisotopic (exact) mass is 263 g/mol. The van der Waals surface area contributed by atoms with Gasteiger partial charge in [-0.3, -0.25) is 4.99 Å². The highest BCUT2D eigenvalue weighted by atomic mass is 15.2. The molecule has 0 radical (unpaired) electrons. The van der Waals surface area contributed by atoms with Gasteiger partial charge in [0.05, 0.1) is 0 Å². The fourth-order valence-electron chi connectivity index (χ4n) is 3.51. The maximum absolute atomic E-state index is 4.89. The Balaban J connectivity index is 1.53. The summed E-state index contributed by atoms with van der Waals surface area (Å²) in [5, 5.41) is 7.05. The van der Waals surface area contributed by atoms with Gasteiger partial charge < -0.3 is 10.6 Å². The first-order valence-corrected chi connectivity index (χ1v) is 8.41. The molecule has 0 heterocycles. The highest BCUT2D eigenvalue weighted by molar-refractivity contribution is 5.80. The average molecular weight is 263 g/mol. The van der Waals surface area contributed by atoms with Gasteiger partial charge in [0.15, 0.2) is 5.96 Å². The topological polar surface area (TPSA) is 36.4 Å². The first-order chi connectivity index (χ1) is 9.36. The van der Waals surface area contributed by atoms with E-state index < -0.39 is 0 Å². The van der Waals surface area contributed by atoms with Crippen molar-refractivity contribution in [2.45, 2.75) is 64.3 Å². The Morgan fingerprint density at radius 3 is 2.21 bits per heavy atom. The average Bonchev–Trinajstić information content (AvgIpc) is 3.32.